The second-order valence-corrected chi connectivity index (χ2v) is 10.1. The number of carbonyl (C=O) groups is 2. The van der Waals surface area contributed by atoms with Crippen LogP contribution in [0, 0.1) is 0 Å². The third-order valence-corrected chi connectivity index (χ3v) is 7.39. The van der Waals surface area contributed by atoms with Crippen LogP contribution in [0.15, 0.2) is 47.3 Å². The van der Waals surface area contributed by atoms with E-state index >= 15 is 0 Å². The average molecular weight is 527 g/mol. The normalized spacial score (nSPS) is 19.7. The molecule has 0 unspecified atom stereocenters. The standard InChI is InChI=1S/C28H29F3N4O3/c1-32-26(37)19-12-16(15-10-11-15)13-20(28(29,30)31)25(19)34-22-8-4-5-9-23(22)35-27(38)18-14-24(36)33-21-7-3-2-6-17(18)21/h2-3,6-7,12-15,22-23,34H,4-5,8-11H2,1H3,(H,32,37)(H,33,36)(H,35,38)/t22-,23+/m1/s1. The molecule has 0 saturated heterocycles. The summed E-state index contributed by atoms with van der Waals surface area (Å²) in [4.78, 5) is 40.9. The van der Waals surface area contributed by atoms with Crippen LogP contribution in [0.3, 0.4) is 0 Å². The van der Waals surface area contributed by atoms with Crippen molar-refractivity contribution >= 4 is 28.4 Å². The molecule has 2 saturated carbocycles. The van der Waals surface area contributed by atoms with E-state index in [1.54, 1.807) is 30.3 Å². The first-order valence-corrected chi connectivity index (χ1v) is 12.8. The van der Waals surface area contributed by atoms with E-state index < -0.39 is 41.2 Å². The zero-order valence-electron chi connectivity index (χ0n) is 20.9. The van der Waals surface area contributed by atoms with Gasteiger partial charge in [-0.2, -0.15) is 13.2 Å². The molecule has 2 fully saturated rings. The van der Waals surface area contributed by atoms with Crippen LogP contribution in [0.5, 0.6) is 0 Å². The van der Waals surface area contributed by atoms with Crippen molar-refractivity contribution in [2.45, 2.75) is 62.7 Å². The first-order chi connectivity index (χ1) is 18.2. The Kier molecular flexibility index (Phi) is 6.90. The van der Waals surface area contributed by atoms with Gasteiger partial charge >= 0.3 is 6.18 Å². The van der Waals surface area contributed by atoms with Gasteiger partial charge in [0, 0.05) is 36.1 Å². The molecule has 4 N–H and O–H groups in total. The first-order valence-electron chi connectivity index (χ1n) is 12.8. The van der Waals surface area contributed by atoms with Gasteiger partial charge in [0.05, 0.1) is 22.4 Å². The van der Waals surface area contributed by atoms with Gasteiger partial charge < -0.3 is 20.9 Å². The van der Waals surface area contributed by atoms with Crippen molar-refractivity contribution < 1.29 is 22.8 Å². The number of carbonyl (C=O) groups excluding carboxylic acids is 2. The second kappa shape index (κ2) is 10.2. The SMILES string of the molecule is CNC(=O)c1cc(C2CC2)cc(C(F)(F)F)c1N[C@@H]1CCCC[C@@H]1NC(=O)c1cc(=O)[nH]c2ccccc12. The highest BCUT2D eigenvalue weighted by Crippen LogP contribution is 2.45. The van der Waals surface area contributed by atoms with Gasteiger partial charge in [-0.3, -0.25) is 14.4 Å². The molecular formula is C28H29F3N4O3. The highest BCUT2D eigenvalue weighted by molar-refractivity contribution is 6.06. The minimum Gasteiger partial charge on any atom is -0.379 e. The Morgan fingerprint density at radius 1 is 0.921 bits per heavy atom. The number of para-hydroxylation sites is 1. The molecule has 2 aromatic carbocycles. The summed E-state index contributed by atoms with van der Waals surface area (Å²) < 4.78 is 42.8. The Morgan fingerprint density at radius 3 is 2.32 bits per heavy atom. The number of aromatic nitrogens is 1. The molecule has 2 atom stereocenters. The van der Waals surface area contributed by atoms with Gasteiger partial charge in [0.1, 0.15) is 0 Å². The predicted octanol–water partition coefficient (Wildman–Crippen LogP) is 4.94. The molecule has 7 nitrogen and oxygen atoms in total. The maximum atomic E-state index is 14.3. The van der Waals surface area contributed by atoms with Crippen LogP contribution in [0.1, 0.15) is 76.3 Å². The van der Waals surface area contributed by atoms with Gasteiger partial charge in [-0.05, 0) is 55.4 Å². The van der Waals surface area contributed by atoms with Crippen molar-refractivity contribution in [2.24, 2.45) is 0 Å². The van der Waals surface area contributed by atoms with E-state index in [0.29, 0.717) is 29.3 Å². The number of alkyl halides is 3. The number of benzene rings is 2. The highest BCUT2D eigenvalue weighted by Gasteiger charge is 2.39. The quantitative estimate of drug-likeness (QED) is 0.366. The molecule has 1 heterocycles. The molecule has 0 spiro atoms. The van der Waals surface area contributed by atoms with E-state index in [4.69, 9.17) is 0 Å². The lowest BCUT2D eigenvalue weighted by Gasteiger charge is -2.35. The van der Waals surface area contributed by atoms with E-state index in [0.717, 1.165) is 31.7 Å². The minimum atomic E-state index is -4.67. The minimum absolute atomic E-state index is 0.0270. The van der Waals surface area contributed by atoms with E-state index in [-0.39, 0.29) is 22.7 Å². The van der Waals surface area contributed by atoms with E-state index in [9.17, 15) is 27.6 Å². The Labute approximate surface area is 217 Å². The van der Waals surface area contributed by atoms with Crippen LogP contribution >= 0.6 is 0 Å². The number of anilines is 1. The maximum absolute atomic E-state index is 14.3. The molecule has 10 heteroatoms. The summed E-state index contributed by atoms with van der Waals surface area (Å²) >= 11 is 0. The third-order valence-electron chi connectivity index (χ3n) is 7.39. The zero-order valence-corrected chi connectivity index (χ0v) is 20.9. The van der Waals surface area contributed by atoms with Crippen LogP contribution < -0.4 is 21.5 Å². The molecule has 2 aliphatic carbocycles. The Bertz CT molecular complexity index is 1450. The largest absolute Gasteiger partial charge is 0.418 e. The molecule has 0 radical (unpaired) electrons. The Balaban J connectivity index is 1.48. The topological polar surface area (TPSA) is 103 Å². The molecule has 0 aliphatic heterocycles. The van der Waals surface area contributed by atoms with Gasteiger partial charge in [0.25, 0.3) is 11.8 Å². The van der Waals surface area contributed by atoms with Gasteiger partial charge in [-0.25, -0.2) is 0 Å². The predicted molar refractivity (Wildman–Crippen MR) is 139 cm³/mol. The summed E-state index contributed by atoms with van der Waals surface area (Å²) in [6, 6.07) is 9.80. The molecule has 38 heavy (non-hydrogen) atoms. The lowest BCUT2D eigenvalue weighted by Crippen LogP contribution is -2.49. The summed E-state index contributed by atoms with van der Waals surface area (Å²) in [5.41, 5.74) is -0.399. The number of H-pyrrole nitrogens is 1. The Morgan fingerprint density at radius 2 is 1.63 bits per heavy atom. The molecular weight excluding hydrogens is 497 g/mol. The van der Waals surface area contributed by atoms with Crippen molar-refractivity contribution in [1.29, 1.82) is 0 Å². The van der Waals surface area contributed by atoms with E-state index in [1.165, 1.54) is 13.1 Å². The molecule has 2 aliphatic rings. The van der Waals surface area contributed by atoms with Gasteiger partial charge in [0.15, 0.2) is 0 Å². The van der Waals surface area contributed by atoms with Crippen molar-refractivity contribution in [3.8, 4) is 0 Å². The van der Waals surface area contributed by atoms with Crippen LogP contribution in [-0.4, -0.2) is 35.9 Å². The summed E-state index contributed by atoms with van der Waals surface area (Å²) in [6.45, 7) is 0. The lowest BCUT2D eigenvalue weighted by molar-refractivity contribution is -0.137. The number of nitrogens with one attached hydrogen (secondary N) is 4. The molecule has 1 aromatic heterocycles. The van der Waals surface area contributed by atoms with Crippen LogP contribution in [0.4, 0.5) is 18.9 Å². The molecule has 0 bridgehead atoms. The van der Waals surface area contributed by atoms with E-state index in [2.05, 4.69) is 20.9 Å². The monoisotopic (exact) mass is 526 g/mol. The number of pyridine rings is 1. The third kappa shape index (κ3) is 5.25. The lowest BCUT2D eigenvalue weighted by atomic mass is 9.88. The smallest absolute Gasteiger partial charge is 0.379 e. The number of rotatable bonds is 6. The number of hydrogen-bond donors (Lipinski definition) is 4. The fraction of sp³-hybridized carbons (Fsp3) is 0.393. The fourth-order valence-corrected chi connectivity index (χ4v) is 5.31. The number of fused-ring (bicyclic) bond motifs is 1. The second-order valence-electron chi connectivity index (χ2n) is 10.1. The number of amides is 2. The number of hydrogen-bond acceptors (Lipinski definition) is 4. The summed E-state index contributed by atoms with van der Waals surface area (Å²) in [6.07, 6.45) is -0.482. The average Bonchev–Trinajstić information content (AvgIpc) is 3.74. The molecule has 2 amide bonds. The molecule has 200 valence electrons. The van der Waals surface area contributed by atoms with Crippen molar-refractivity contribution in [1.82, 2.24) is 15.6 Å². The highest BCUT2D eigenvalue weighted by atomic mass is 19.4. The van der Waals surface area contributed by atoms with Crippen LogP contribution in [-0.2, 0) is 6.18 Å². The van der Waals surface area contributed by atoms with Crippen molar-refractivity contribution in [2.75, 3.05) is 12.4 Å². The van der Waals surface area contributed by atoms with Gasteiger partial charge in [0.2, 0.25) is 5.56 Å². The summed E-state index contributed by atoms with van der Waals surface area (Å²) in [5, 5.41) is 9.00. The van der Waals surface area contributed by atoms with Crippen LogP contribution in [0.25, 0.3) is 10.9 Å². The van der Waals surface area contributed by atoms with Crippen LogP contribution in [0.2, 0.25) is 0 Å². The first kappa shape index (κ1) is 25.8. The molecule has 5 rings (SSSR count). The maximum Gasteiger partial charge on any atom is 0.418 e. The summed E-state index contributed by atoms with van der Waals surface area (Å²) in [5.74, 6) is -1.05. The van der Waals surface area contributed by atoms with E-state index in [1.807, 2.05) is 0 Å². The van der Waals surface area contributed by atoms with Crippen molar-refractivity contribution in [3.05, 3.63) is 75.1 Å². The Hall–Kier alpha value is -3.82. The number of aromatic amines is 1. The van der Waals surface area contributed by atoms with Gasteiger partial charge in [-0.15, -0.1) is 0 Å². The molecule has 3 aromatic rings. The fourth-order valence-electron chi connectivity index (χ4n) is 5.31. The van der Waals surface area contributed by atoms with Crippen molar-refractivity contribution in [3.63, 3.8) is 0 Å². The number of halogens is 3. The zero-order chi connectivity index (χ0) is 27.0. The van der Waals surface area contributed by atoms with Gasteiger partial charge in [-0.1, -0.05) is 31.0 Å². The summed E-state index contributed by atoms with van der Waals surface area (Å²) in [7, 11) is 1.39.